The maximum absolute atomic E-state index is 12.8. The Labute approximate surface area is 140 Å². The number of nitrogens with zero attached hydrogens (tertiary/aromatic N) is 3. The first-order valence-corrected chi connectivity index (χ1v) is 9.47. The summed E-state index contributed by atoms with van der Waals surface area (Å²) in [5.41, 5.74) is 1.41. The fourth-order valence-electron chi connectivity index (χ4n) is 2.95. The summed E-state index contributed by atoms with van der Waals surface area (Å²) in [6, 6.07) is 3.31. The number of aromatic nitrogens is 2. The van der Waals surface area contributed by atoms with E-state index in [1.54, 1.807) is 35.7 Å². The predicted octanol–water partition coefficient (Wildman–Crippen LogP) is 0.839. The summed E-state index contributed by atoms with van der Waals surface area (Å²) >= 11 is 0. The molecule has 1 aliphatic heterocycles. The lowest BCUT2D eigenvalue weighted by molar-refractivity contribution is 0.0670. The third kappa shape index (κ3) is 3.36. The maximum atomic E-state index is 12.8. The molecule has 0 saturated carbocycles. The number of hydrogen-bond donors (Lipinski definition) is 1. The number of fused-ring (bicyclic) bond motifs is 1. The van der Waals surface area contributed by atoms with Gasteiger partial charge in [-0.15, -0.1) is 0 Å². The summed E-state index contributed by atoms with van der Waals surface area (Å²) in [5, 5.41) is 4.25. The van der Waals surface area contributed by atoms with Crippen molar-refractivity contribution in [2.45, 2.75) is 26.4 Å². The Balaban J connectivity index is 1.84. The Kier molecular flexibility index (Phi) is 4.22. The van der Waals surface area contributed by atoms with Gasteiger partial charge in [-0.2, -0.15) is 5.10 Å². The molecule has 0 saturated heterocycles. The highest BCUT2D eigenvalue weighted by atomic mass is 32.2. The normalized spacial score (nSPS) is 17.8. The van der Waals surface area contributed by atoms with Crippen LogP contribution in [0, 0.1) is 13.8 Å². The first kappa shape index (κ1) is 16.7. The Morgan fingerprint density at radius 3 is 2.83 bits per heavy atom. The second-order valence-corrected chi connectivity index (χ2v) is 7.89. The molecule has 0 unspecified atom stereocenters. The van der Waals surface area contributed by atoms with Crippen LogP contribution in [-0.4, -0.2) is 48.4 Å². The molecule has 0 aliphatic carbocycles. The molecule has 0 aromatic carbocycles. The van der Waals surface area contributed by atoms with Crippen LogP contribution in [0.2, 0.25) is 0 Å². The van der Waals surface area contributed by atoms with Gasteiger partial charge in [-0.25, -0.2) is 13.1 Å². The van der Waals surface area contributed by atoms with E-state index < -0.39 is 10.0 Å². The molecule has 9 heteroatoms. The number of hydrogen-bond acceptors (Lipinski definition) is 5. The van der Waals surface area contributed by atoms with Crippen LogP contribution < -0.4 is 4.72 Å². The SMILES string of the molecule is Cc1cc(C(=O)N2Cc3ccnn3[C@@H](CNS(C)(=O)=O)C2)c(C)o1. The zero-order chi connectivity index (χ0) is 17.5. The van der Waals surface area contributed by atoms with Gasteiger partial charge in [0.1, 0.15) is 11.5 Å². The average molecular weight is 352 g/mol. The molecule has 1 amide bonds. The molecule has 1 atom stereocenters. The topological polar surface area (TPSA) is 97.4 Å². The van der Waals surface area contributed by atoms with Gasteiger partial charge in [0.2, 0.25) is 10.0 Å². The number of rotatable bonds is 4. The Bertz CT molecular complexity index is 868. The number of nitrogens with one attached hydrogen (secondary N) is 1. The van der Waals surface area contributed by atoms with Gasteiger partial charge in [0.05, 0.1) is 30.1 Å². The number of furan rings is 1. The van der Waals surface area contributed by atoms with Crippen molar-refractivity contribution in [3.05, 3.63) is 41.1 Å². The minimum absolute atomic E-state index is 0.124. The van der Waals surface area contributed by atoms with E-state index >= 15 is 0 Å². The molecule has 130 valence electrons. The summed E-state index contributed by atoms with van der Waals surface area (Å²) in [6.07, 6.45) is 2.77. The lowest BCUT2D eigenvalue weighted by Gasteiger charge is -2.33. The largest absolute Gasteiger partial charge is 0.466 e. The van der Waals surface area contributed by atoms with Crippen molar-refractivity contribution < 1.29 is 17.6 Å². The molecule has 2 aromatic rings. The van der Waals surface area contributed by atoms with Crippen molar-refractivity contribution in [3.63, 3.8) is 0 Å². The summed E-state index contributed by atoms with van der Waals surface area (Å²) in [5.74, 6) is 1.15. The molecule has 0 spiro atoms. The molecule has 2 aromatic heterocycles. The number of amides is 1. The Morgan fingerprint density at radius 1 is 1.46 bits per heavy atom. The Hall–Kier alpha value is -2.13. The number of aryl methyl sites for hydroxylation is 2. The first-order chi connectivity index (χ1) is 11.2. The van der Waals surface area contributed by atoms with Crippen LogP contribution in [-0.2, 0) is 16.6 Å². The third-order valence-electron chi connectivity index (χ3n) is 4.02. The highest BCUT2D eigenvalue weighted by Crippen LogP contribution is 2.24. The molecule has 24 heavy (non-hydrogen) atoms. The average Bonchev–Trinajstić information content (AvgIpc) is 3.09. The molecular formula is C15H20N4O4S. The molecule has 1 aliphatic rings. The fourth-order valence-corrected chi connectivity index (χ4v) is 3.45. The fraction of sp³-hybridized carbons (Fsp3) is 0.467. The van der Waals surface area contributed by atoms with Crippen LogP contribution in [0.25, 0.3) is 0 Å². The molecule has 8 nitrogen and oxygen atoms in total. The van der Waals surface area contributed by atoms with Crippen LogP contribution in [0.15, 0.2) is 22.7 Å². The van der Waals surface area contributed by atoms with E-state index in [-0.39, 0.29) is 18.5 Å². The highest BCUT2D eigenvalue weighted by molar-refractivity contribution is 7.88. The third-order valence-corrected chi connectivity index (χ3v) is 4.71. The van der Waals surface area contributed by atoms with Crippen molar-refractivity contribution in [3.8, 4) is 0 Å². The molecule has 0 bridgehead atoms. The van der Waals surface area contributed by atoms with Gasteiger partial charge in [-0.1, -0.05) is 0 Å². The second kappa shape index (κ2) is 6.06. The number of sulfonamides is 1. The standard InChI is InChI=1S/C15H20N4O4S/c1-10-6-14(11(2)23-10)15(20)18-8-12-4-5-16-19(12)13(9-18)7-17-24(3,21)22/h4-6,13,17H,7-9H2,1-3H3/t13-/m0/s1. The van der Waals surface area contributed by atoms with E-state index in [4.69, 9.17) is 4.42 Å². The van der Waals surface area contributed by atoms with E-state index in [1.165, 1.54) is 0 Å². The van der Waals surface area contributed by atoms with Crippen LogP contribution in [0.4, 0.5) is 0 Å². The summed E-state index contributed by atoms with van der Waals surface area (Å²) < 4.78 is 32.5. The van der Waals surface area contributed by atoms with Gasteiger partial charge >= 0.3 is 0 Å². The minimum Gasteiger partial charge on any atom is -0.466 e. The van der Waals surface area contributed by atoms with E-state index in [9.17, 15) is 13.2 Å². The van der Waals surface area contributed by atoms with Gasteiger partial charge in [-0.3, -0.25) is 9.48 Å². The van der Waals surface area contributed by atoms with Crippen LogP contribution in [0.1, 0.15) is 33.6 Å². The van der Waals surface area contributed by atoms with Gasteiger partial charge in [0.15, 0.2) is 0 Å². The molecule has 3 rings (SSSR count). The molecule has 0 fully saturated rings. The smallest absolute Gasteiger partial charge is 0.257 e. The Morgan fingerprint density at radius 2 is 2.21 bits per heavy atom. The minimum atomic E-state index is -3.31. The van der Waals surface area contributed by atoms with Gasteiger partial charge in [0, 0.05) is 19.3 Å². The monoisotopic (exact) mass is 352 g/mol. The number of carbonyl (C=O) groups excluding carboxylic acids is 1. The van der Waals surface area contributed by atoms with E-state index in [1.807, 2.05) is 6.07 Å². The second-order valence-electron chi connectivity index (χ2n) is 6.05. The van der Waals surface area contributed by atoms with Crippen LogP contribution >= 0.6 is 0 Å². The molecule has 3 heterocycles. The maximum Gasteiger partial charge on any atom is 0.257 e. The van der Waals surface area contributed by atoms with Crippen molar-refractivity contribution in [2.75, 3.05) is 19.3 Å². The summed E-state index contributed by atoms with van der Waals surface area (Å²) in [7, 11) is -3.31. The molecule has 0 radical (unpaired) electrons. The van der Waals surface area contributed by atoms with E-state index in [0.717, 1.165) is 11.9 Å². The van der Waals surface area contributed by atoms with E-state index in [2.05, 4.69) is 9.82 Å². The first-order valence-electron chi connectivity index (χ1n) is 7.58. The quantitative estimate of drug-likeness (QED) is 0.879. The molecular weight excluding hydrogens is 332 g/mol. The van der Waals surface area contributed by atoms with Crippen molar-refractivity contribution in [2.24, 2.45) is 0 Å². The summed E-state index contributed by atoms with van der Waals surface area (Å²) in [4.78, 5) is 14.5. The van der Waals surface area contributed by atoms with Gasteiger partial charge in [0.25, 0.3) is 5.91 Å². The van der Waals surface area contributed by atoms with Crippen molar-refractivity contribution >= 4 is 15.9 Å². The lowest BCUT2D eigenvalue weighted by Crippen LogP contribution is -2.45. The number of carbonyl (C=O) groups is 1. The van der Waals surface area contributed by atoms with Gasteiger partial charge < -0.3 is 9.32 Å². The van der Waals surface area contributed by atoms with E-state index in [0.29, 0.717) is 30.2 Å². The van der Waals surface area contributed by atoms with Crippen molar-refractivity contribution in [1.29, 1.82) is 0 Å². The van der Waals surface area contributed by atoms with Crippen LogP contribution in [0.3, 0.4) is 0 Å². The predicted molar refractivity (Wildman–Crippen MR) is 87.0 cm³/mol. The van der Waals surface area contributed by atoms with Crippen LogP contribution in [0.5, 0.6) is 0 Å². The highest BCUT2D eigenvalue weighted by Gasteiger charge is 2.30. The summed E-state index contributed by atoms with van der Waals surface area (Å²) in [6.45, 7) is 4.54. The molecule has 1 N–H and O–H groups in total. The van der Waals surface area contributed by atoms with Crippen molar-refractivity contribution in [1.82, 2.24) is 19.4 Å². The zero-order valence-electron chi connectivity index (χ0n) is 13.8. The lowest BCUT2D eigenvalue weighted by atomic mass is 10.1. The van der Waals surface area contributed by atoms with Gasteiger partial charge in [-0.05, 0) is 26.0 Å². The zero-order valence-corrected chi connectivity index (χ0v) is 14.6.